The number of amides is 1. The molecule has 0 aromatic carbocycles. The first kappa shape index (κ1) is 19.0. The highest BCUT2D eigenvalue weighted by atomic mass is 32.2. The standard InChI is InChI=1S/C14H19N7O5S/c1-11-13(8-15-17(11)2)27(25,26)20-5-3-18(4-6-20)14(22)10-19-9-12(7-16-19)21(23)24/h7-9H,3-6,10H2,1-2H3. The van der Waals surface area contributed by atoms with E-state index in [1.54, 1.807) is 14.0 Å². The zero-order chi connectivity index (χ0) is 19.8. The smallest absolute Gasteiger partial charge is 0.307 e. The fourth-order valence-electron chi connectivity index (χ4n) is 2.82. The van der Waals surface area contributed by atoms with Gasteiger partial charge in [-0.2, -0.15) is 14.5 Å². The zero-order valence-electron chi connectivity index (χ0n) is 14.8. The number of nitro groups is 1. The maximum Gasteiger partial charge on any atom is 0.307 e. The summed E-state index contributed by atoms with van der Waals surface area (Å²) >= 11 is 0. The first-order chi connectivity index (χ1) is 12.7. The van der Waals surface area contributed by atoms with Crippen LogP contribution in [0, 0.1) is 17.0 Å². The van der Waals surface area contributed by atoms with Gasteiger partial charge in [0, 0.05) is 33.2 Å². The van der Waals surface area contributed by atoms with Crippen LogP contribution in [-0.2, 0) is 28.4 Å². The van der Waals surface area contributed by atoms with Gasteiger partial charge in [-0.05, 0) is 6.92 Å². The van der Waals surface area contributed by atoms with Crippen molar-refractivity contribution in [2.75, 3.05) is 26.2 Å². The average molecular weight is 397 g/mol. The van der Waals surface area contributed by atoms with E-state index in [2.05, 4.69) is 10.2 Å². The summed E-state index contributed by atoms with van der Waals surface area (Å²) in [5.41, 5.74) is 0.360. The Morgan fingerprint density at radius 2 is 1.89 bits per heavy atom. The Morgan fingerprint density at radius 1 is 1.22 bits per heavy atom. The quantitative estimate of drug-likeness (QED) is 0.484. The molecule has 1 amide bonds. The molecule has 0 unspecified atom stereocenters. The lowest BCUT2D eigenvalue weighted by molar-refractivity contribution is -0.385. The summed E-state index contributed by atoms with van der Waals surface area (Å²) < 4.78 is 29.5. The average Bonchev–Trinajstić information content (AvgIpc) is 3.23. The predicted octanol–water partition coefficient (Wildman–Crippen LogP) is -0.634. The molecule has 12 nitrogen and oxygen atoms in total. The molecule has 3 rings (SSSR count). The molecule has 2 aromatic rings. The Labute approximate surface area is 155 Å². The van der Waals surface area contributed by atoms with E-state index in [9.17, 15) is 23.3 Å². The molecule has 27 heavy (non-hydrogen) atoms. The van der Waals surface area contributed by atoms with Gasteiger partial charge in [0.1, 0.15) is 23.8 Å². The zero-order valence-corrected chi connectivity index (χ0v) is 15.7. The number of hydrogen-bond donors (Lipinski definition) is 0. The molecule has 0 spiro atoms. The summed E-state index contributed by atoms with van der Waals surface area (Å²) in [4.78, 5) is 24.1. The third-order valence-corrected chi connectivity index (χ3v) is 6.53. The summed E-state index contributed by atoms with van der Waals surface area (Å²) in [5.74, 6) is -0.275. The minimum Gasteiger partial charge on any atom is -0.338 e. The van der Waals surface area contributed by atoms with Gasteiger partial charge in [0.25, 0.3) is 0 Å². The number of piperazine rings is 1. The molecule has 13 heteroatoms. The van der Waals surface area contributed by atoms with Crippen LogP contribution < -0.4 is 0 Å². The molecule has 0 aliphatic carbocycles. The molecule has 1 saturated heterocycles. The lowest BCUT2D eigenvalue weighted by Gasteiger charge is -2.33. The van der Waals surface area contributed by atoms with Crippen molar-refractivity contribution in [3.05, 3.63) is 34.4 Å². The van der Waals surface area contributed by atoms with Crippen molar-refractivity contribution in [2.24, 2.45) is 7.05 Å². The van der Waals surface area contributed by atoms with E-state index in [4.69, 9.17) is 0 Å². The topological polar surface area (TPSA) is 136 Å². The second-order valence-corrected chi connectivity index (χ2v) is 8.06. The molecule has 1 fully saturated rings. The molecule has 3 heterocycles. The van der Waals surface area contributed by atoms with E-state index >= 15 is 0 Å². The van der Waals surface area contributed by atoms with Crippen LogP contribution in [0.15, 0.2) is 23.5 Å². The van der Waals surface area contributed by atoms with Crippen LogP contribution >= 0.6 is 0 Å². The first-order valence-electron chi connectivity index (χ1n) is 8.13. The van der Waals surface area contributed by atoms with Crippen LogP contribution in [-0.4, -0.2) is 74.2 Å². The number of hydrogen-bond acceptors (Lipinski definition) is 7. The maximum atomic E-state index is 12.7. The SMILES string of the molecule is Cc1c(S(=O)(=O)N2CCN(C(=O)Cn3cc([N+](=O)[O-])cn3)CC2)cnn1C. The summed E-state index contributed by atoms with van der Waals surface area (Å²) in [7, 11) is -2.00. The van der Waals surface area contributed by atoms with E-state index in [1.807, 2.05) is 0 Å². The third kappa shape index (κ3) is 3.68. The van der Waals surface area contributed by atoms with Crippen molar-refractivity contribution in [1.82, 2.24) is 28.8 Å². The van der Waals surface area contributed by atoms with Crippen molar-refractivity contribution in [3.8, 4) is 0 Å². The Morgan fingerprint density at radius 3 is 2.41 bits per heavy atom. The molecule has 0 atom stereocenters. The number of aromatic nitrogens is 4. The van der Waals surface area contributed by atoms with Crippen molar-refractivity contribution >= 4 is 21.6 Å². The van der Waals surface area contributed by atoms with Gasteiger partial charge in [0.05, 0.1) is 16.8 Å². The number of nitrogens with zero attached hydrogens (tertiary/aromatic N) is 7. The predicted molar refractivity (Wildman–Crippen MR) is 92.2 cm³/mol. The number of aryl methyl sites for hydroxylation is 1. The Bertz CT molecular complexity index is 972. The molecule has 146 valence electrons. The molecular weight excluding hydrogens is 378 g/mol. The summed E-state index contributed by atoms with van der Waals surface area (Å²) in [5, 5.41) is 18.4. The highest BCUT2D eigenvalue weighted by Crippen LogP contribution is 2.20. The fraction of sp³-hybridized carbons (Fsp3) is 0.500. The second kappa shape index (κ2) is 7.08. The van der Waals surface area contributed by atoms with Gasteiger partial charge >= 0.3 is 5.69 Å². The monoisotopic (exact) mass is 397 g/mol. The maximum absolute atomic E-state index is 12.7. The minimum absolute atomic E-state index is 0.137. The van der Waals surface area contributed by atoms with E-state index < -0.39 is 14.9 Å². The molecule has 1 aliphatic heterocycles. The van der Waals surface area contributed by atoms with Gasteiger partial charge in [-0.25, -0.2) is 8.42 Å². The second-order valence-electron chi connectivity index (χ2n) is 6.16. The molecular formula is C14H19N7O5S. The summed E-state index contributed by atoms with van der Waals surface area (Å²) in [6.07, 6.45) is 3.59. The van der Waals surface area contributed by atoms with E-state index in [1.165, 1.54) is 31.0 Å². The minimum atomic E-state index is -3.67. The van der Waals surface area contributed by atoms with Gasteiger partial charge in [0.2, 0.25) is 15.9 Å². The third-order valence-electron chi connectivity index (χ3n) is 4.53. The van der Waals surface area contributed by atoms with Crippen molar-refractivity contribution < 1.29 is 18.1 Å². The van der Waals surface area contributed by atoms with Gasteiger partial charge in [0.15, 0.2) is 0 Å². The van der Waals surface area contributed by atoms with Crippen LogP contribution in [0.1, 0.15) is 5.69 Å². The van der Waals surface area contributed by atoms with Crippen LogP contribution in [0.25, 0.3) is 0 Å². The van der Waals surface area contributed by atoms with Gasteiger partial charge in [-0.1, -0.05) is 0 Å². The fourth-order valence-corrected chi connectivity index (χ4v) is 4.43. The molecule has 0 radical (unpaired) electrons. The van der Waals surface area contributed by atoms with Crippen molar-refractivity contribution in [1.29, 1.82) is 0 Å². The molecule has 2 aromatic heterocycles. The highest BCUT2D eigenvalue weighted by Gasteiger charge is 2.32. The van der Waals surface area contributed by atoms with E-state index in [0.29, 0.717) is 5.69 Å². The van der Waals surface area contributed by atoms with Crippen molar-refractivity contribution in [2.45, 2.75) is 18.4 Å². The van der Waals surface area contributed by atoms with Gasteiger partial charge in [-0.15, -0.1) is 0 Å². The number of carbonyl (C=O) groups excluding carboxylic acids is 1. The molecule has 0 bridgehead atoms. The van der Waals surface area contributed by atoms with E-state index in [0.717, 1.165) is 6.20 Å². The van der Waals surface area contributed by atoms with Crippen molar-refractivity contribution in [3.63, 3.8) is 0 Å². The normalized spacial score (nSPS) is 15.9. The van der Waals surface area contributed by atoms with E-state index in [-0.39, 0.29) is 49.2 Å². The molecule has 1 aliphatic rings. The lowest BCUT2D eigenvalue weighted by Crippen LogP contribution is -2.51. The van der Waals surface area contributed by atoms with Gasteiger partial charge in [-0.3, -0.25) is 24.3 Å². The largest absolute Gasteiger partial charge is 0.338 e. The Balaban J connectivity index is 1.61. The van der Waals surface area contributed by atoms with Crippen LogP contribution in [0.4, 0.5) is 5.69 Å². The highest BCUT2D eigenvalue weighted by molar-refractivity contribution is 7.89. The Hall–Kier alpha value is -2.80. The van der Waals surface area contributed by atoms with Crippen LogP contribution in [0.5, 0.6) is 0 Å². The molecule has 0 saturated carbocycles. The Kier molecular flexibility index (Phi) is 4.97. The number of rotatable bonds is 5. The first-order valence-corrected chi connectivity index (χ1v) is 9.57. The van der Waals surface area contributed by atoms with Gasteiger partial charge < -0.3 is 4.90 Å². The summed E-state index contributed by atoms with van der Waals surface area (Å²) in [6, 6.07) is 0. The number of carbonyl (C=O) groups is 1. The lowest BCUT2D eigenvalue weighted by atomic mass is 10.3. The van der Waals surface area contributed by atoms with Crippen LogP contribution in [0.3, 0.4) is 0 Å². The van der Waals surface area contributed by atoms with Crippen LogP contribution in [0.2, 0.25) is 0 Å². The molecule has 0 N–H and O–H groups in total. The number of sulfonamides is 1. The summed E-state index contributed by atoms with van der Waals surface area (Å²) in [6.45, 7) is 2.36.